The van der Waals surface area contributed by atoms with Gasteiger partial charge in [-0.05, 0) is 18.8 Å². The lowest BCUT2D eigenvalue weighted by molar-refractivity contribution is -0.191. The molecule has 0 aromatic carbocycles. The minimum absolute atomic E-state index is 0.0338. The van der Waals surface area contributed by atoms with Crippen molar-refractivity contribution in [2.24, 2.45) is 11.8 Å². The Balaban J connectivity index is 2.65. The van der Waals surface area contributed by atoms with E-state index in [-0.39, 0.29) is 24.9 Å². The van der Waals surface area contributed by atoms with Crippen molar-refractivity contribution in [3.05, 3.63) is 0 Å². The van der Waals surface area contributed by atoms with Gasteiger partial charge in [0.25, 0.3) is 0 Å². The van der Waals surface area contributed by atoms with Crippen molar-refractivity contribution >= 4 is 11.6 Å². The van der Waals surface area contributed by atoms with Gasteiger partial charge in [-0.25, -0.2) is 0 Å². The molecule has 1 aliphatic rings. The zero-order valence-corrected chi connectivity index (χ0v) is 8.90. The first-order valence-electron chi connectivity index (χ1n) is 4.59. The molecule has 5 heteroatoms. The van der Waals surface area contributed by atoms with Gasteiger partial charge >= 0.3 is 6.18 Å². The SMILES string of the molecule is COC1C(C)CC(C(F)(F)F)CC1Cl. The normalized spacial score (nSPS) is 39.9. The zero-order chi connectivity index (χ0) is 10.9. The van der Waals surface area contributed by atoms with Crippen LogP contribution in [0.4, 0.5) is 13.2 Å². The Hall–Kier alpha value is 0.0400. The van der Waals surface area contributed by atoms with Gasteiger partial charge in [-0.15, -0.1) is 11.6 Å². The van der Waals surface area contributed by atoms with E-state index in [2.05, 4.69) is 0 Å². The average molecular weight is 231 g/mol. The molecule has 1 nitrogen and oxygen atoms in total. The molecular formula is C9H14ClF3O. The minimum Gasteiger partial charge on any atom is -0.380 e. The molecule has 1 saturated carbocycles. The van der Waals surface area contributed by atoms with Crippen LogP contribution in [0.15, 0.2) is 0 Å². The van der Waals surface area contributed by atoms with Crippen molar-refractivity contribution in [1.29, 1.82) is 0 Å². The maximum absolute atomic E-state index is 12.4. The molecule has 0 aromatic rings. The molecule has 1 aliphatic carbocycles. The molecule has 0 radical (unpaired) electrons. The second kappa shape index (κ2) is 4.27. The first kappa shape index (κ1) is 12.1. The summed E-state index contributed by atoms with van der Waals surface area (Å²) in [4.78, 5) is 0. The minimum atomic E-state index is -4.12. The smallest absolute Gasteiger partial charge is 0.380 e. The molecule has 0 saturated heterocycles. The molecule has 4 unspecified atom stereocenters. The molecule has 0 N–H and O–H groups in total. The second-order valence-corrected chi connectivity index (χ2v) is 4.46. The Morgan fingerprint density at radius 1 is 1.29 bits per heavy atom. The van der Waals surface area contributed by atoms with Crippen molar-refractivity contribution in [2.75, 3.05) is 7.11 Å². The largest absolute Gasteiger partial charge is 0.391 e. The van der Waals surface area contributed by atoms with E-state index in [4.69, 9.17) is 16.3 Å². The van der Waals surface area contributed by atoms with E-state index in [0.717, 1.165) is 0 Å². The molecule has 0 aliphatic heterocycles. The fourth-order valence-electron chi connectivity index (χ4n) is 2.09. The third-order valence-corrected chi connectivity index (χ3v) is 3.24. The Morgan fingerprint density at radius 3 is 2.21 bits per heavy atom. The molecule has 1 fully saturated rings. The molecule has 0 heterocycles. The van der Waals surface area contributed by atoms with Crippen LogP contribution >= 0.6 is 11.6 Å². The summed E-state index contributed by atoms with van der Waals surface area (Å²) in [6.07, 6.45) is -4.30. The molecular weight excluding hydrogens is 217 g/mol. The predicted octanol–water partition coefficient (Wildman–Crippen LogP) is 3.22. The second-order valence-electron chi connectivity index (χ2n) is 3.90. The van der Waals surface area contributed by atoms with Crippen molar-refractivity contribution in [2.45, 2.75) is 37.4 Å². The summed E-state index contributed by atoms with van der Waals surface area (Å²) in [7, 11) is 1.49. The molecule has 0 aromatic heterocycles. The van der Waals surface area contributed by atoms with Gasteiger partial charge in [0.2, 0.25) is 0 Å². The van der Waals surface area contributed by atoms with E-state index in [0.29, 0.717) is 0 Å². The zero-order valence-electron chi connectivity index (χ0n) is 8.14. The summed E-state index contributed by atoms with van der Waals surface area (Å²) in [5.74, 6) is -1.41. The lowest BCUT2D eigenvalue weighted by Gasteiger charge is -2.37. The van der Waals surface area contributed by atoms with Crippen LogP contribution in [0, 0.1) is 11.8 Å². The molecule has 0 spiro atoms. The highest BCUT2D eigenvalue weighted by Crippen LogP contribution is 2.42. The topological polar surface area (TPSA) is 9.23 Å². The van der Waals surface area contributed by atoms with Crippen LogP contribution in [0.5, 0.6) is 0 Å². The fraction of sp³-hybridized carbons (Fsp3) is 1.00. The highest BCUT2D eigenvalue weighted by Gasteiger charge is 2.47. The highest BCUT2D eigenvalue weighted by atomic mass is 35.5. The number of methoxy groups -OCH3 is 1. The first-order chi connectivity index (χ1) is 6.36. The van der Waals surface area contributed by atoms with Gasteiger partial charge < -0.3 is 4.74 Å². The van der Waals surface area contributed by atoms with Gasteiger partial charge in [0.15, 0.2) is 0 Å². The van der Waals surface area contributed by atoms with Gasteiger partial charge in [0.05, 0.1) is 17.4 Å². The molecule has 0 amide bonds. The summed E-state index contributed by atoms with van der Waals surface area (Å²) >= 11 is 5.85. The summed E-state index contributed by atoms with van der Waals surface area (Å²) in [6, 6.07) is 0. The van der Waals surface area contributed by atoms with Crippen molar-refractivity contribution in [3.63, 3.8) is 0 Å². The van der Waals surface area contributed by atoms with Crippen molar-refractivity contribution < 1.29 is 17.9 Å². The van der Waals surface area contributed by atoms with Crippen LogP contribution in [0.2, 0.25) is 0 Å². The number of halogens is 4. The summed E-state index contributed by atoms with van der Waals surface area (Å²) in [5, 5.41) is -0.532. The van der Waals surface area contributed by atoms with Crippen LogP contribution in [-0.4, -0.2) is 24.8 Å². The van der Waals surface area contributed by atoms with Gasteiger partial charge in [-0.1, -0.05) is 6.92 Å². The first-order valence-corrected chi connectivity index (χ1v) is 5.03. The monoisotopic (exact) mass is 230 g/mol. The number of hydrogen-bond acceptors (Lipinski definition) is 1. The summed E-state index contributed by atoms with van der Waals surface area (Å²) in [5.41, 5.74) is 0. The quantitative estimate of drug-likeness (QED) is 0.629. The summed E-state index contributed by atoms with van der Waals surface area (Å²) in [6.45, 7) is 1.75. The number of rotatable bonds is 1. The molecule has 1 rings (SSSR count). The van der Waals surface area contributed by atoms with Gasteiger partial charge in [0.1, 0.15) is 0 Å². The van der Waals surface area contributed by atoms with Gasteiger partial charge in [-0.3, -0.25) is 0 Å². The van der Waals surface area contributed by atoms with E-state index in [1.807, 2.05) is 0 Å². The number of hydrogen-bond donors (Lipinski definition) is 0. The van der Waals surface area contributed by atoms with E-state index in [1.54, 1.807) is 6.92 Å². The maximum Gasteiger partial charge on any atom is 0.391 e. The van der Waals surface area contributed by atoms with Gasteiger partial charge in [-0.2, -0.15) is 13.2 Å². The van der Waals surface area contributed by atoms with Crippen LogP contribution in [0.1, 0.15) is 19.8 Å². The predicted molar refractivity (Wildman–Crippen MR) is 48.4 cm³/mol. The van der Waals surface area contributed by atoms with E-state index in [9.17, 15) is 13.2 Å². The van der Waals surface area contributed by atoms with E-state index in [1.165, 1.54) is 7.11 Å². The Morgan fingerprint density at radius 2 is 1.86 bits per heavy atom. The molecule has 84 valence electrons. The Kier molecular flexibility index (Phi) is 3.69. The highest BCUT2D eigenvalue weighted by molar-refractivity contribution is 6.21. The lowest BCUT2D eigenvalue weighted by Crippen LogP contribution is -2.42. The third-order valence-electron chi connectivity index (χ3n) is 2.82. The third kappa shape index (κ3) is 2.54. The molecule has 14 heavy (non-hydrogen) atoms. The number of alkyl halides is 4. The molecule has 4 atom stereocenters. The van der Waals surface area contributed by atoms with Gasteiger partial charge in [0, 0.05) is 7.11 Å². The van der Waals surface area contributed by atoms with E-state index >= 15 is 0 Å². The Labute approximate surface area is 86.6 Å². The standard InChI is InChI=1S/C9H14ClF3O/c1-5-3-6(9(11,12)13)4-7(10)8(5)14-2/h5-8H,3-4H2,1-2H3. The maximum atomic E-state index is 12.4. The lowest BCUT2D eigenvalue weighted by atomic mass is 9.79. The Bertz CT molecular complexity index is 183. The van der Waals surface area contributed by atoms with Crippen LogP contribution < -0.4 is 0 Å². The van der Waals surface area contributed by atoms with Crippen molar-refractivity contribution in [1.82, 2.24) is 0 Å². The summed E-state index contributed by atoms with van der Waals surface area (Å²) < 4.78 is 42.3. The fourth-order valence-corrected chi connectivity index (χ4v) is 2.66. The number of ether oxygens (including phenoxy) is 1. The van der Waals surface area contributed by atoms with Crippen molar-refractivity contribution in [3.8, 4) is 0 Å². The van der Waals surface area contributed by atoms with Crippen LogP contribution in [-0.2, 0) is 4.74 Å². The average Bonchev–Trinajstić information content (AvgIpc) is 2.01. The van der Waals surface area contributed by atoms with Crippen LogP contribution in [0.3, 0.4) is 0 Å². The molecule has 0 bridgehead atoms. The van der Waals surface area contributed by atoms with Crippen LogP contribution in [0.25, 0.3) is 0 Å². The van der Waals surface area contributed by atoms with E-state index < -0.39 is 17.5 Å².